The van der Waals surface area contributed by atoms with Gasteiger partial charge in [0.05, 0.1) is 5.69 Å². The minimum atomic E-state index is 0.531. The molecule has 1 saturated carbocycles. The predicted molar refractivity (Wildman–Crippen MR) is 76.3 cm³/mol. The number of pyridine rings is 1. The zero-order valence-corrected chi connectivity index (χ0v) is 12.3. The zero-order chi connectivity index (χ0) is 12.3. The minimum Gasteiger partial charge on any atom is -0.367 e. The van der Waals surface area contributed by atoms with Crippen molar-refractivity contribution in [3.05, 3.63) is 22.3 Å². The molecule has 0 amide bonds. The summed E-state index contributed by atoms with van der Waals surface area (Å²) < 4.78 is 1.08. The van der Waals surface area contributed by atoms with Crippen LogP contribution in [0, 0.1) is 12.8 Å². The van der Waals surface area contributed by atoms with Crippen LogP contribution in [0.15, 0.2) is 16.6 Å². The predicted octanol–water partition coefficient (Wildman–Crippen LogP) is 4.53. The van der Waals surface area contributed by atoms with Crippen molar-refractivity contribution in [3.8, 4) is 0 Å². The van der Waals surface area contributed by atoms with Crippen LogP contribution in [0.4, 0.5) is 5.82 Å². The van der Waals surface area contributed by atoms with Crippen LogP contribution in [0.2, 0.25) is 0 Å². The van der Waals surface area contributed by atoms with Gasteiger partial charge in [-0.15, -0.1) is 0 Å². The Morgan fingerprint density at radius 3 is 2.65 bits per heavy atom. The number of rotatable bonds is 3. The summed E-state index contributed by atoms with van der Waals surface area (Å²) >= 11 is 3.48. The van der Waals surface area contributed by atoms with E-state index in [-0.39, 0.29) is 0 Å². The summed E-state index contributed by atoms with van der Waals surface area (Å²) in [6.07, 6.45) is 6.93. The SMILES string of the molecule is Cc1nc(NC(C)C2CCCCC2)ccc1Br. The number of anilines is 1. The van der Waals surface area contributed by atoms with Gasteiger partial charge in [0, 0.05) is 10.5 Å². The van der Waals surface area contributed by atoms with Crippen molar-refractivity contribution >= 4 is 21.7 Å². The largest absolute Gasteiger partial charge is 0.367 e. The topological polar surface area (TPSA) is 24.9 Å². The standard InChI is InChI=1S/C14H21BrN2/c1-10(12-6-4-3-5-7-12)16-14-9-8-13(15)11(2)17-14/h8-10,12H,3-7H2,1-2H3,(H,16,17). The van der Waals surface area contributed by atoms with Crippen molar-refractivity contribution in [1.29, 1.82) is 0 Å². The number of aryl methyl sites for hydroxylation is 1. The molecule has 1 fully saturated rings. The van der Waals surface area contributed by atoms with Gasteiger partial charge in [0.25, 0.3) is 0 Å². The molecule has 1 aliphatic carbocycles. The first-order chi connectivity index (χ1) is 8.16. The molecule has 1 N–H and O–H groups in total. The van der Waals surface area contributed by atoms with E-state index in [0.29, 0.717) is 6.04 Å². The van der Waals surface area contributed by atoms with Gasteiger partial charge in [-0.1, -0.05) is 19.3 Å². The Hall–Kier alpha value is -0.570. The molecule has 17 heavy (non-hydrogen) atoms. The third kappa shape index (κ3) is 3.44. The summed E-state index contributed by atoms with van der Waals surface area (Å²) in [5.74, 6) is 1.82. The fourth-order valence-electron chi connectivity index (χ4n) is 2.61. The van der Waals surface area contributed by atoms with Crippen molar-refractivity contribution in [2.45, 2.75) is 52.0 Å². The molecule has 0 aromatic carbocycles. The van der Waals surface area contributed by atoms with E-state index in [9.17, 15) is 0 Å². The Bertz CT molecular complexity index is 372. The van der Waals surface area contributed by atoms with Gasteiger partial charge in [-0.2, -0.15) is 0 Å². The average molecular weight is 297 g/mol. The lowest BCUT2D eigenvalue weighted by atomic mass is 9.84. The maximum absolute atomic E-state index is 4.55. The van der Waals surface area contributed by atoms with Gasteiger partial charge in [-0.3, -0.25) is 0 Å². The van der Waals surface area contributed by atoms with Crippen LogP contribution in [0.25, 0.3) is 0 Å². The molecule has 0 aliphatic heterocycles. The highest BCUT2D eigenvalue weighted by Crippen LogP contribution is 2.28. The first-order valence-electron chi connectivity index (χ1n) is 6.56. The first-order valence-corrected chi connectivity index (χ1v) is 7.36. The lowest BCUT2D eigenvalue weighted by Crippen LogP contribution is -2.28. The fourth-order valence-corrected chi connectivity index (χ4v) is 2.83. The smallest absolute Gasteiger partial charge is 0.126 e. The van der Waals surface area contributed by atoms with E-state index in [1.165, 1.54) is 32.1 Å². The number of nitrogens with zero attached hydrogens (tertiary/aromatic N) is 1. The fraction of sp³-hybridized carbons (Fsp3) is 0.643. The van der Waals surface area contributed by atoms with Gasteiger partial charge in [0.2, 0.25) is 0 Å². The maximum Gasteiger partial charge on any atom is 0.126 e. The maximum atomic E-state index is 4.55. The third-order valence-corrected chi connectivity index (χ3v) is 4.59. The molecule has 2 nitrogen and oxygen atoms in total. The van der Waals surface area contributed by atoms with Gasteiger partial charge >= 0.3 is 0 Å². The molecule has 2 rings (SSSR count). The van der Waals surface area contributed by atoms with E-state index < -0.39 is 0 Å². The molecule has 1 aromatic rings. The van der Waals surface area contributed by atoms with Crippen LogP contribution >= 0.6 is 15.9 Å². The molecule has 0 bridgehead atoms. The van der Waals surface area contributed by atoms with Crippen molar-refractivity contribution in [2.75, 3.05) is 5.32 Å². The number of hydrogen-bond acceptors (Lipinski definition) is 2. The van der Waals surface area contributed by atoms with Gasteiger partial charge in [0.15, 0.2) is 0 Å². The van der Waals surface area contributed by atoms with E-state index in [1.807, 2.05) is 6.92 Å². The molecule has 1 aliphatic rings. The zero-order valence-electron chi connectivity index (χ0n) is 10.7. The normalized spacial score (nSPS) is 19.0. The highest BCUT2D eigenvalue weighted by atomic mass is 79.9. The van der Waals surface area contributed by atoms with E-state index in [2.05, 4.69) is 45.3 Å². The van der Waals surface area contributed by atoms with E-state index >= 15 is 0 Å². The molecule has 3 heteroatoms. The van der Waals surface area contributed by atoms with Gasteiger partial charge in [-0.05, 0) is 60.7 Å². The second-order valence-corrected chi connectivity index (χ2v) is 5.95. The van der Waals surface area contributed by atoms with Crippen LogP contribution in [0.3, 0.4) is 0 Å². The highest BCUT2D eigenvalue weighted by Gasteiger charge is 2.20. The van der Waals surface area contributed by atoms with E-state index in [0.717, 1.165) is 21.9 Å². The summed E-state index contributed by atoms with van der Waals surface area (Å²) in [5.41, 5.74) is 1.05. The van der Waals surface area contributed by atoms with Crippen molar-refractivity contribution < 1.29 is 0 Å². The minimum absolute atomic E-state index is 0.531. The number of aromatic nitrogens is 1. The molecule has 94 valence electrons. The molecule has 1 aromatic heterocycles. The molecule has 1 heterocycles. The van der Waals surface area contributed by atoms with Crippen LogP contribution in [0.1, 0.15) is 44.7 Å². The Balaban J connectivity index is 1.96. The summed E-state index contributed by atoms with van der Waals surface area (Å²) in [7, 11) is 0. The van der Waals surface area contributed by atoms with Crippen LogP contribution in [0.5, 0.6) is 0 Å². The van der Waals surface area contributed by atoms with Crippen molar-refractivity contribution in [2.24, 2.45) is 5.92 Å². The summed E-state index contributed by atoms with van der Waals surface area (Å²) in [6, 6.07) is 4.65. The third-order valence-electron chi connectivity index (χ3n) is 3.75. The van der Waals surface area contributed by atoms with Crippen LogP contribution in [-0.2, 0) is 0 Å². The van der Waals surface area contributed by atoms with Crippen molar-refractivity contribution in [3.63, 3.8) is 0 Å². The average Bonchev–Trinajstić information content (AvgIpc) is 2.35. The lowest BCUT2D eigenvalue weighted by molar-refractivity contribution is 0.328. The molecule has 0 radical (unpaired) electrons. The number of halogens is 1. The lowest BCUT2D eigenvalue weighted by Gasteiger charge is -2.28. The van der Waals surface area contributed by atoms with Gasteiger partial charge < -0.3 is 5.32 Å². The molecule has 1 unspecified atom stereocenters. The quantitative estimate of drug-likeness (QED) is 0.886. The molecule has 0 spiro atoms. The van der Waals surface area contributed by atoms with Crippen molar-refractivity contribution in [1.82, 2.24) is 4.98 Å². The molecular weight excluding hydrogens is 276 g/mol. The number of hydrogen-bond donors (Lipinski definition) is 1. The summed E-state index contributed by atoms with van der Waals surface area (Å²) in [4.78, 5) is 4.55. The number of nitrogens with one attached hydrogen (secondary N) is 1. The molecule has 0 saturated heterocycles. The second kappa shape index (κ2) is 5.85. The Labute approximate surface area is 112 Å². The van der Waals surface area contributed by atoms with Crippen LogP contribution in [-0.4, -0.2) is 11.0 Å². The van der Waals surface area contributed by atoms with Gasteiger partial charge in [-0.25, -0.2) is 4.98 Å². The van der Waals surface area contributed by atoms with E-state index in [1.54, 1.807) is 0 Å². The highest BCUT2D eigenvalue weighted by molar-refractivity contribution is 9.10. The van der Waals surface area contributed by atoms with E-state index in [4.69, 9.17) is 0 Å². The monoisotopic (exact) mass is 296 g/mol. The Morgan fingerprint density at radius 2 is 2.00 bits per heavy atom. The Kier molecular flexibility index (Phi) is 4.43. The van der Waals surface area contributed by atoms with Crippen LogP contribution < -0.4 is 5.32 Å². The summed E-state index contributed by atoms with van der Waals surface area (Å²) in [5, 5.41) is 3.55. The summed E-state index contributed by atoms with van der Waals surface area (Å²) in [6.45, 7) is 4.32. The molecular formula is C14H21BrN2. The Morgan fingerprint density at radius 1 is 1.29 bits per heavy atom. The van der Waals surface area contributed by atoms with Gasteiger partial charge in [0.1, 0.15) is 5.82 Å². The second-order valence-electron chi connectivity index (χ2n) is 5.09. The molecule has 1 atom stereocenters. The first kappa shape index (κ1) is 12.9.